The Morgan fingerprint density at radius 2 is 2.12 bits per heavy atom. The Bertz CT molecular complexity index is 562. The minimum absolute atomic E-state index is 0.153. The molecule has 2 rings (SSSR count). The highest BCUT2D eigenvalue weighted by molar-refractivity contribution is 6.42. The number of ketones is 1. The molecular formula is C12H8Cl2N2O. The van der Waals surface area contributed by atoms with Gasteiger partial charge in [-0.1, -0.05) is 23.2 Å². The summed E-state index contributed by atoms with van der Waals surface area (Å²) >= 11 is 11.6. The van der Waals surface area contributed by atoms with Crippen molar-refractivity contribution in [3.05, 3.63) is 58.1 Å². The highest BCUT2D eigenvalue weighted by Crippen LogP contribution is 2.22. The first kappa shape index (κ1) is 11.9. The third-order valence-corrected chi connectivity index (χ3v) is 2.86. The molecule has 2 aromatic rings. The predicted octanol–water partition coefficient (Wildman–Crippen LogP) is 3.61. The van der Waals surface area contributed by atoms with Crippen LogP contribution in [0.4, 0.5) is 0 Å². The number of aromatic amines is 1. The number of aromatic nitrogens is 2. The summed E-state index contributed by atoms with van der Waals surface area (Å²) in [4.78, 5) is 18.6. The molecule has 0 saturated heterocycles. The van der Waals surface area contributed by atoms with Gasteiger partial charge in [0.1, 0.15) is 5.82 Å². The van der Waals surface area contributed by atoms with Gasteiger partial charge in [0.2, 0.25) is 0 Å². The second kappa shape index (κ2) is 5.17. The molecule has 0 amide bonds. The smallest absolute Gasteiger partial charge is 0.186 e. The molecule has 3 nitrogen and oxygen atoms in total. The van der Waals surface area contributed by atoms with Crippen molar-refractivity contribution in [3.8, 4) is 0 Å². The van der Waals surface area contributed by atoms with Gasteiger partial charge in [-0.15, -0.1) is 0 Å². The Balaban J connectivity index is 2.17. The number of benzene rings is 1. The van der Waals surface area contributed by atoms with Crippen molar-refractivity contribution in [2.24, 2.45) is 0 Å². The largest absolute Gasteiger partial charge is 0.345 e. The van der Waals surface area contributed by atoms with Crippen LogP contribution in [0, 0.1) is 0 Å². The molecule has 1 aromatic heterocycles. The Hall–Kier alpha value is -1.58. The number of imidazole rings is 1. The van der Waals surface area contributed by atoms with Gasteiger partial charge in [0.15, 0.2) is 5.78 Å². The Kier molecular flexibility index (Phi) is 3.61. The molecule has 17 heavy (non-hydrogen) atoms. The van der Waals surface area contributed by atoms with Gasteiger partial charge in [0, 0.05) is 18.0 Å². The minimum Gasteiger partial charge on any atom is -0.345 e. The topological polar surface area (TPSA) is 45.8 Å². The molecular weight excluding hydrogens is 259 g/mol. The number of rotatable bonds is 3. The molecule has 5 heteroatoms. The maximum absolute atomic E-state index is 11.8. The number of H-pyrrole nitrogens is 1. The summed E-state index contributed by atoms with van der Waals surface area (Å²) in [5.74, 6) is 0.471. The fraction of sp³-hybridized carbons (Fsp3) is 0. The van der Waals surface area contributed by atoms with E-state index in [4.69, 9.17) is 23.2 Å². The lowest BCUT2D eigenvalue weighted by Gasteiger charge is -1.98. The lowest BCUT2D eigenvalue weighted by atomic mass is 10.1. The van der Waals surface area contributed by atoms with E-state index in [1.54, 1.807) is 36.7 Å². The Morgan fingerprint density at radius 1 is 1.29 bits per heavy atom. The summed E-state index contributed by atoms with van der Waals surface area (Å²) in [7, 11) is 0. The SMILES string of the molecule is O=C(C=Cc1ncc[nH]1)c1ccc(Cl)c(Cl)c1. The van der Waals surface area contributed by atoms with Gasteiger partial charge in [-0.2, -0.15) is 0 Å². The number of allylic oxidation sites excluding steroid dienone is 1. The molecule has 0 aliphatic rings. The number of halogens is 2. The third-order valence-electron chi connectivity index (χ3n) is 2.12. The van der Waals surface area contributed by atoms with Gasteiger partial charge in [0.25, 0.3) is 0 Å². The van der Waals surface area contributed by atoms with Crippen LogP contribution in [0.5, 0.6) is 0 Å². The van der Waals surface area contributed by atoms with Crippen LogP contribution in [0.3, 0.4) is 0 Å². The lowest BCUT2D eigenvalue weighted by Crippen LogP contribution is -1.94. The zero-order valence-electron chi connectivity index (χ0n) is 8.65. The van der Waals surface area contributed by atoms with E-state index in [1.807, 2.05) is 0 Å². The summed E-state index contributed by atoms with van der Waals surface area (Å²) < 4.78 is 0. The second-order valence-corrected chi connectivity index (χ2v) is 4.12. The first-order chi connectivity index (χ1) is 8.16. The monoisotopic (exact) mass is 266 g/mol. The molecule has 86 valence electrons. The van der Waals surface area contributed by atoms with E-state index in [0.29, 0.717) is 21.4 Å². The van der Waals surface area contributed by atoms with Crippen LogP contribution >= 0.6 is 23.2 Å². The number of nitrogens with one attached hydrogen (secondary N) is 1. The van der Waals surface area contributed by atoms with Crippen LogP contribution in [0.1, 0.15) is 16.2 Å². The maximum Gasteiger partial charge on any atom is 0.186 e. The minimum atomic E-state index is -0.153. The second-order valence-electron chi connectivity index (χ2n) is 3.30. The molecule has 1 aromatic carbocycles. The molecule has 1 N–H and O–H groups in total. The van der Waals surface area contributed by atoms with E-state index < -0.39 is 0 Å². The lowest BCUT2D eigenvalue weighted by molar-refractivity contribution is 0.104. The molecule has 0 fully saturated rings. The molecule has 1 heterocycles. The number of nitrogens with zero attached hydrogens (tertiary/aromatic N) is 1. The van der Waals surface area contributed by atoms with Crippen molar-refractivity contribution in [1.82, 2.24) is 9.97 Å². The first-order valence-corrected chi connectivity index (χ1v) is 5.59. The van der Waals surface area contributed by atoms with Crippen molar-refractivity contribution in [3.63, 3.8) is 0 Å². The number of hydrogen-bond acceptors (Lipinski definition) is 2. The highest BCUT2D eigenvalue weighted by Gasteiger charge is 2.05. The summed E-state index contributed by atoms with van der Waals surface area (Å²) in [5, 5.41) is 0.794. The summed E-state index contributed by atoms with van der Waals surface area (Å²) in [5.41, 5.74) is 0.488. The number of carbonyl (C=O) groups excluding carboxylic acids is 1. The Morgan fingerprint density at radius 3 is 2.76 bits per heavy atom. The van der Waals surface area contributed by atoms with E-state index >= 15 is 0 Å². The van der Waals surface area contributed by atoms with Crippen molar-refractivity contribution in [1.29, 1.82) is 0 Å². The van der Waals surface area contributed by atoms with Crippen LogP contribution in [-0.2, 0) is 0 Å². The third kappa shape index (κ3) is 2.96. The molecule has 0 radical (unpaired) electrons. The van der Waals surface area contributed by atoms with Gasteiger partial charge in [-0.05, 0) is 30.4 Å². The van der Waals surface area contributed by atoms with Gasteiger partial charge >= 0.3 is 0 Å². The molecule has 0 spiro atoms. The molecule has 0 saturated carbocycles. The van der Waals surface area contributed by atoms with E-state index in [-0.39, 0.29) is 5.78 Å². The molecule has 0 aliphatic carbocycles. The normalized spacial score (nSPS) is 10.9. The Labute approximate surface area is 108 Å². The van der Waals surface area contributed by atoms with Gasteiger partial charge < -0.3 is 4.98 Å². The van der Waals surface area contributed by atoms with E-state index in [2.05, 4.69) is 9.97 Å². The van der Waals surface area contributed by atoms with Crippen molar-refractivity contribution >= 4 is 35.1 Å². The zero-order chi connectivity index (χ0) is 12.3. The quantitative estimate of drug-likeness (QED) is 0.682. The summed E-state index contributed by atoms with van der Waals surface area (Å²) in [6.07, 6.45) is 6.33. The fourth-order valence-electron chi connectivity index (χ4n) is 1.27. The maximum atomic E-state index is 11.8. The van der Waals surface area contributed by atoms with Crippen LogP contribution < -0.4 is 0 Å². The summed E-state index contributed by atoms with van der Waals surface area (Å²) in [6, 6.07) is 4.76. The van der Waals surface area contributed by atoms with Crippen molar-refractivity contribution in [2.75, 3.05) is 0 Å². The van der Waals surface area contributed by atoms with Crippen LogP contribution in [-0.4, -0.2) is 15.8 Å². The van der Waals surface area contributed by atoms with Gasteiger partial charge in [-0.25, -0.2) is 4.98 Å². The fourth-order valence-corrected chi connectivity index (χ4v) is 1.57. The van der Waals surface area contributed by atoms with Crippen molar-refractivity contribution < 1.29 is 4.79 Å². The summed E-state index contributed by atoms with van der Waals surface area (Å²) in [6.45, 7) is 0. The van der Waals surface area contributed by atoms with E-state index in [9.17, 15) is 4.79 Å². The number of carbonyl (C=O) groups is 1. The zero-order valence-corrected chi connectivity index (χ0v) is 10.2. The molecule has 0 unspecified atom stereocenters. The van der Waals surface area contributed by atoms with Crippen LogP contribution in [0.25, 0.3) is 6.08 Å². The van der Waals surface area contributed by atoms with Crippen LogP contribution in [0.2, 0.25) is 10.0 Å². The predicted molar refractivity (Wildman–Crippen MR) is 68.4 cm³/mol. The van der Waals surface area contributed by atoms with Gasteiger partial charge in [-0.3, -0.25) is 4.79 Å². The van der Waals surface area contributed by atoms with Gasteiger partial charge in [0.05, 0.1) is 10.0 Å². The average Bonchev–Trinajstić information content (AvgIpc) is 2.82. The van der Waals surface area contributed by atoms with Crippen molar-refractivity contribution in [2.45, 2.75) is 0 Å². The number of hydrogen-bond donors (Lipinski definition) is 1. The van der Waals surface area contributed by atoms with E-state index in [0.717, 1.165) is 0 Å². The molecule has 0 atom stereocenters. The first-order valence-electron chi connectivity index (χ1n) is 4.83. The highest BCUT2D eigenvalue weighted by atomic mass is 35.5. The average molecular weight is 267 g/mol. The van der Waals surface area contributed by atoms with Crippen LogP contribution in [0.15, 0.2) is 36.7 Å². The standard InChI is InChI=1S/C12H8Cl2N2O/c13-9-2-1-8(7-10(9)14)11(17)3-4-12-15-5-6-16-12/h1-7H,(H,15,16). The van der Waals surface area contributed by atoms with E-state index in [1.165, 1.54) is 6.08 Å². The molecule has 0 bridgehead atoms. The molecule has 0 aliphatic heterocycles.